The van der Waals surface area contributed by atoms with E-state index in [2.05, 4.69) is 77.8 Å². The summed E-state index contributed by atoms with van der Waals surface area (Å²) in [5.41, 5.74) is 7.78. The molecule has 0 spiro atoms. The Kier molecular flexibility index (Phi) is 6.58. The van der Waals surface area contributed by atoms with Crippen molar-refractivity contribution in [3.05, 3.63) is 162 Å². The second-order valence-corrected chi connectivity index (χ2v) is 11.1. The summed E-state index contributed by atoms with van der Waals surface area (Å²) in [5.74, 6) is 1.97. The third-order valence-electron chi connectivity index (χ3n) is 8.27. The fraction of sp³-hybridized carbons (Fsp3) is 0.0500. The summed E-state index contributed by atoms with van der Waals surface area (Å²) in [5, 5.41) is 4.99. The summed E-state index contributed by atoms with van der Waals surface area (Å²) in [6, 6.07) is 39.9. The molecule has 0 radical (unpaired) electrons. The third kappa shape index (κ3) is 4.87. The summed E-state index contributed by atoms with van der Waals surface area (Å²) in [7, 11) is 0. The van der Waals surface area contributed by atoms with Crippen LogP contribution in [0.5, 0.6) is 0 Å². The number of nitrogens with zero attached hydrogens (tertiary/aromatic N) is 4. The molecule has 1 aliphatic carbocycles. The van der Waals surface area contributed by atoms with Crippen LogP contribution in [0.2, 0.25) is 0 Å². The molecule has 5 aromatic carbocycles. The normalized spacial score (nSPS) is 16.3. The zero-order chi connectivity index (χ0) is 29.3. The lowest BCUT2D eigenvalue weighted by atomic mass is 9.84. The van der Waals surface area contributed by atoms with Crippen LogP contribution in [-0.2, 0) is 0 Å². The number of fused-ring (bicyclic) bond motifs is 3. The van der Waals surface area contributed by atoms with Crippen molar-refractivity contribution in [3.8, 4) is 22.8 Å². The van der Waals surface area contributed by atoms with E-state index in [1.54, 1.807) is 0 Å². The first-order valence-electron chi connectivity index (χ1n) is 14.9. The number of aromatic nitrogens is 3. The Morgan fingerprint density at radius 2 is 1.14 bits per heavy atom. The van der Waals surface area contributed by atoms with E-state index in [9.17, 15) is 0 Å². The van der Waals surface area contributed by atoms with Crippen molar-refractivity contribution < 1.29 is 0 Å². The maximum absolute atomic E-state index is 5.07. The van der Waals surface area contributed by atoms with E-state index in [1.165, 1.54) is 43.8 Å². The van der Waals surface area contributed by atoms with Crippen molar-refractivity contribution in [2.45, 2.75) is 6.42 Å². The molecule has 0 N–H and O–H groups in total. The first-order valence-corrected chi connectivity index (χ1v) is 14.9. The highest BCUT2D eigenvalue weighted by Gasteiger charge is 2.21. The molecular weight excluding hydrogens is 536 g/mol. The van der Waals surface area contributed by atoms with Crippen LogP contribution in [0.3, 0.4) is 0 Å². The zero-order valence-corrected chi connectivity index (χ0v) is 24.1. The van der Waals surface area contributed by atoms with E-state index >= 15 is 0 Å². The molecule has 4 heteroatoms. The fourth-order valence-corrected chi connectivity index (χ4v) is 6.12. The standard InChI is InChI=1S/C40H28N4/c1-3-12-27(13-4-1)38-42-39(28-14-5-2-6-15-28)44-40(43-38)33-23-31(30-17-11-21-41-26-30)22-32(24-33)37-25-29-16-7-8-18-34(29)35-19-9-10-20-36(35)37/h1-21,23-25H,22,26H2. The van der Waals surface area contributed by atoms with Gasteiger partial charge in [0.1, 0.15) is 0 Å². The lowest BCUT2D eigenvalue weighted by molar-refractivity contribution is 1.03. The molecule has 0 unspecified atom stereocenters. The lowest BCUT2D eigenvalue weighted by Crippen LogP contribution is -2.06. The summed E-state index contributed by atoms with van der Waals surface area (Å²) in [4.78, 5) is 19.6. The molecular formula is C40H28N4. The Balaban J connectivity index is 1.37. The molecule has 0 amide bonds. The van der Waals surface area contributed by atoms with E-state index in [0.717, 1.165) is 23.1 Å². The molecule has 44 heavy (non-hydrogen) atoms. The SMILES string of the molecule is C1=CC(=C2C=C(c3nc(-c4ccccc4)nc(-c4ccccc4)n3)C=C(c3cc4ccccc4c4ccccc34)C2)CN=C1. The molecule has 1 aromatic heterocycles. The summed E-state index contributed by atoms with van der Waals surface area (Å²) in [6.07, 6.45) is 11.4. The number of dihydropyridines is 1. The van der Waals surface area contributed by atoms with Crippen molar-refractivity contribution >= 4 is 38.9 Å². The average molecular weight is 565 g/mol. The van der Waals surface area contributed by atoms with Gasteiger partial charge >= 0.3 is 0 Å². The van der Waals surface area contributed by atoms with Crippen LogP contribution < -0.4 is 0 Å². The first-order chi connectivity index (χ1) is 21.8. The van der Waals surface area contributed by atoms with Gasteiger partial charge in [0.25, 0.3) is 0 Å². The third-order valence-corrected chi connectivity index (χ3v) is 8.27. The minimum atomic E-state index is 0.654. The molecule has 0 fully saturated rings. The Labute approximate surface area is 256 Å². The van der Waals surface area contributed by atoms with Crippen LogP contribution in [0.25, 0.3) is 55.5 Å². The zero-order valence-electron chi connectivity index (χ0n) is 24.1. The molecule has 1 aliphatic heterocycles. The van der Waals surface area contributed by atoms with E-state index in [0.29, 0.717) is 24.0 Å². The molecule has 8 rings (SSSR count). The highest BCUT2D eigenvalue weighted by atomic mass is 15.0. The summed E-state index contributed by atoms with van der Waals surface area (Å²) in [6.45, 7) is 0.656. The average Bonchev–Trinajstić information content (AvgIpc) is 3.12. The largest absolute Gasteiger partial charge is 0.288 e. The van der Waals surface area contributed by atoms with Crippen molar-refractivity contribution in [1.29, 1.82) is 0 Å². The van der Waals surface area contributed by atoms with Gasteiger partial charge < -0.3 is 0 Å². The number of allylic oxidation sites excluding steroid dienone is 6. The summed E-state index contributed by atoms with van der Waals surface area (Å²) >= 11 is 0. The van der Waals surface area contributed by atoms with Gasteiger partial charge in [-0.05, 0) is 74.5 Å². The van der Waals surface area contributed by atoms with Crippen LogP contribution in [0.15, 0.2) is 156 Å². The van der Waals surface area contributed by atoms with Crippen molar-refractivity contribution in [3.63, 3.8) is 0 Å². The van der Waals surface area contributed by atoms with Crippen molar-refractivity contribution in [2.24, 2.45) is 4.99 Å². The Bertz CT molecular complexity index is 2150. The van der Waals surface area contributed by atoms with Gasteiger partial charge in [-0.2, -0.15) is 0 Å². The van der Waals surface area contributed by atoms with Gasteiger partial charge in [-0.25, -0.2) is 15.0 Å². The Morgan fingerprint density at radius 1 is 0.523 bits per heavy atom. The van der Waals surface area contributed by atoms with E-state index in [4.69, 9.17) is 15.0 Å². The molecule has 2 heterocycles. The van der Waals surface area contributed by atoms with Crippen molar-refractivity contribution in [1.82, 2.24) is 15.0 Å². The smallest absolute Gasteiger partial charge is 0.164 e. The lowest BCUT2D eigenvalue weighted by Gasteiger charge is -2.21. The van der Waals surface area contributed by atoms with Crippen LogP contribution in [0.4, 0.5) is 0 Å². The molecule has 2 aliphatic rings. The monoisotopic (exact) mass is 564 g/mol. The Hall–Kier alpha value is -5.74. The number of aliphatic imine (C=N–C) groups is 1. The fourth-order valence-electron chi connectivity index (χ4n) is 6.12. The molecule has 0 atom stereocenters. The highest BCUT2D eigenvalue weighted by molar-refractivity contribution is 6.12. The van der Waals surface area contributed by atoms with Gasteiger partial charge in [0.05, 0.1) is 6.54 Å². The van der Waals surface area contributed by atoms with Gasteiger partial charge in [-0.1, -0.05) is 115 Å². The maximum Gasteiger partial charge on any atom is 0.164 e. The predicted molar refractivity (Wildman–Crippen MR) is 182 cm³/mol. The van der Waals surface area contributed by atoms with Crippen molar-refractivity contribution in [2.75, 3.05) is 6.54 Å². The second-order valence-electron chi connectivity index (χ2n) is 11.1. The first kappa shape index (κ1) is 25.9. The maximum atomic E-state index is 5.07. The van der Waals surface area contributed by atoms with Gasteiger partial charge in [0.2, 0.25) is 0 Å². The topological polar surface area (TPSA) is 51.0 Å². The molecule has 0 saturated heterocycles. The molecule has 0 bridgehead atoms. The molecule has 0 saturated carbocycles. The van der Waals surface area contributed by atoms with E-state index < -0.39 is 0 Å². The second kappa shape index (κ2) is 11.2. The molecule has 4 nitrogen and oxygen atoms in total. The van der Waals surface area contributed by atoms with E-state index in [1.807, 2.05) is 73.0 Å². The number of hydrogen-bond donors (Lipinski definition) is 0. The van der Waals surface area contributed by atoms with Gasteiger partial charge in [-0.3, -0.25) is 4.99 Å². The van der Waals surface area contributed by atoms with Gasteiger partial charge in [0.15, 0.2) is 17.5 Å². The summed E-state index contributed by atoms with van der Waals surface area (Å²) < 4.78 is 0. The number of rotatable bonds is 4. The quantitative estimate of drug-likeness (QED) is 0.201. The Morgan fingerprint density at radius 3 is 1.82 bits per heavy atom. The van der Waals surface area contributed by atoms with E-state index in [-0.39, 0.29) is 0 Å². The van der Waals surface area contributed by atoms with Crippen LogP contribution in [0, 0.1) is 0 Å². The van der Waals surface area contributed by atoms with Crippen LogP contribution in [-0.4, -0.2) is 27.7 Å². The molecule has 208 valence electrons. The number of benzene rings is 5. The van der Waals surface area contributed by atoms with Crippen LogP contribution in [0.1, 0.15) is 17.8 Å². The predicted octanol–water partition coefficient (Wildman–Crippen LogP) is 9.32. The van der Waals surface area contributed by atoms with Gasteiger partial charge in [-0.15, -0.1) is 0 Å². The van der Waals surface area contributed by atoms with Crippen LogP contribution >= 0.6 is 0 Å². The number of hydrogen-bond acceptors (Lipinski definition) is 4. The molecule has 6 aromatic rings. The minimum Gasteiger partial charge on any atom is -0.288 e. The highest BCUT2D eigenvalue weighted by Crippen LogP contribution is 2.40. The minimum absolute atomic E-state index is 0.654. The van der Waals surface area contributed by atoms with Gasteiger partial charge in [0, 0.05) is 22.9 Å².